The van der Waals surface area contributed by atoms with Gasteiger partial charge >= 0.3 is 0 Å². The van der Waals surface area contributed by atoms with Crippen LogP contribution in [-0.4, -0.2) is 14.5 Å². The Hall–Kier alpha value is -5.88. The van der Waals surface area contributed by atoms with E-state index in [2.05, 4.69) is 156 Å². The van der Waals surface area contributed by atoms with Crippen molar-refractivity contribution in [3.05, 3.63) is 152 Å². The van der Waals surface area contributed by atoms with E-state index in [0.29, 0.717) is 0 Å². The third-order valence-corrected chi connectivity index (χ3v) is 12.2. The molecule has 0 spiro atoms. The molecule has 0 fully saturated rings. The van der Waals surface area contributed by atoms with Gasteiger partial charge in [0, 0.05) is 68.6 Å². The molecule has 5 heteroatoms. The van der Waals surface area contributed by atoms with Gasteiger partial charge in [0.05, 0.1) is 26.9 Å². The van der Waals surface area contributed by atoms with E-state index in [1.54, 1.807) is 0 Å². The summed E-state index contributed by atoms with van der Waals surface area (Å²) in [5.41, 5.74) is 7.57. The van der Waals surface area contributed by atoms with Gasteiger partial charge in [-0.05, 0) is 36.4 Å². The molecule has 0 bridgehead atoms. The maximum atomic E-state index is 5.38. The van der Waals surface area contributed by atoms with Gasteiger partial charge < -0.3 is 4.57 Å². The smallest absolute Gasteiger partial charge is 0.161 e. The zero-order chi connectivity index (χ0) is 32.1. The van der Waals surface area contributed by atoms with Gasteiger partial charge in [-0.25, -0.2) is 9.97 Å². The minimum Gasteiger partial charge on any atom is -0.308 e. The highest BCUT2D eigenvalue weighted by atomic mass is 32.1. The SMILES string of the molecule is c1ccc(-c2nc(-c3cc(-n4c5ccccc5c5ccc6c7ccccc7sc6c54)cc4c3sc3ccccc34)nc3ccccc23)cc1. The summed E-state index contributed by atoms with van der Waals surface area (Å²) in [7, 11) is 0. The van der Waals surface area contributed by atoms with Crippen LogP contribution < -0.4 is 0 Å². The number of hydrogen-bond donors (Lipinski definition) is 0. The Morgan fingerprint density at radius 3 is 1.90 bits per heavy atom. The number of para-hydroxylation sites is 2. The second-order valence-corrected chi connectivity index (χ2v) is 14.6. The lowest BCUT2D eigenvalue weighted by Gasteiger charge is -2.14. The molecule has 0 saturated heterocycles. The number of fused-ring (bicyclic) bond motifs is 11. The Morgan fingerprint density at radius 1 is 0.449 bits per heavy atom. The van der Waals surface area contributed by atoms with Gasteiger partial charge in [0.25, 0.3) is 0 Å². The number of benzene rings is 7. The predicted molar refractivity (Wildman–Crippen MR) is 211 cm³/mol. The molecular weight excluding hydrogens is 635 g/mol. The van der Waals surface area contributed by atoms with Gasteiger partial charge in [0.15, 0.2) is 5.82 Å². The fraction of sp³-hybridized carbons (Fsp3) is 0. The lowest BCUT2D eigenvalue weighted by Crippen LogP contribution is -1.98. The summed E-state index contributed by atoms with van der Waals surface area (Å²) in [6.07, 6.45) is 0. The summed E-state index contributed by atoms with van der Waals surface area (Å²) >= 11 is 3.70. The molecule has 7 aromatic carbocycles. The number of thiophene rings is 2. The fourth-order valence-corrected chi connectivity index (χ4v) is 10.1. The molecule has 4 aromatic heterocycles. The van der Waals surface area contributed by atoms with Crippen LogP contribution in [0, 0.1) is 0 Å². The molecule has 3 nitrogen and oxygen atoms in total. The molecule has 0 saturated carbocycles. The van der Waals surface area contributed by atoms with Crippen LogP contribution in [0.1, 0.15) is 0 Å². The summed E-state index contributed by atoms with van der Waals surface area (Å²) in [4.78, 5) is 10.6. The van der Waals surface area contributed by atoms with E-state index < -0.39 is 0 Å². The third-order valence-electron chi connectivity index (χ3n) is 9.79. The lowest BCUT2D eigenvalue weighted by atomic mass is 10.0. The summed E-state index contributed by atoms with van der Waals surface area (Å²) in [5.74, 6) is 0.740. The molecule has 11 aromatic rings. The van der Waals surface area contributed by atoms with Crippen LogP contribution in [0.3, 0.4) is 0 Å². The number of aromatic nitrogens is 3. The van der Waals surface area contributed by atoms with E-state index >= 15 is 0 Å². The number of rotatable bonds is 3. The molecular formula is C44H25N3S2. The zero-order valence-electron chi connectivity index (χ0n) is 26.1. The molecule has 11 rings (SSSR count). The van der Waals surface area contributed by atoms with Crippen LogP contribution >= 0.6 is 22.7 Å². The average molecular weight is 660 g/mol. The van der Waals surface area contributed by atoms with E-state index in [9.17, 15) is 0 Å². The van der Waals surface area contributed by atoms with Crippen LogP contribution in [0.25, 0.3) is 101 Å². The second kappa shape index (κ2) is 10.3. The van der Waals surface area contributed by atoms with Gasteiger partial charge in [0.1, 0.15) is 0 Å². The first-order valence-corrected chi connectivity index (χ1v) is 18.1. The van der Waals surface area contributed by atoms with Crippen LogP contribution in [0.2, 0.25) is 0 Å². The monoisotopic (exact) mass is 659 g/mol. The van der Waals surface area contributed by atoms with Crippen molar-refractivity contribution in [2.45, 2.75) is 0 Å². The molecule has 0 unspecified atom stereocenters. The van der Waals surface area contributed by atoms with Crippen LogP contribution in [0.4, 0.5) is 0 Å². The highest BCUT2D eigenvalue weighted by Crippen LogP contribution is 2.46. The van der Waals surface area contributed by atoms with Crippen molar-refractivity contribution >= 4 is 95.7 Å². The standard InChI is InChI=1S/C44H25N3S2/c1-2-12-26(13-3-1)40-33-17-4-8-18-36(33)45-44(46-40)35-25-27(24-34-30-16-7-11-21-39(30)48-42(34)35)47-37-19-9-5-14-28(37)31-22-23-32-29-15-6-10-20-38(29)49-43(32)41(31)47/h1-25H. The molecule has 0 aliphatic carbocycles. The first kappa shape index (κ1) is 27.1. The quantitative estimate of drug-likeness (QED) is 0.189. The Morgan fingerprint density at radius 2 is 1.08 bits per heavy atom. The Balaban J connectivity index is 1.30. The maximum Gasteiger partial charge on any atom is 0.161 e. The molecule has 4 heterocycles. The Bertz CT molecular complexity index is 3110. The molecule has 0 atom stereocenters. The van der Waals surface area contributed by atoms with Crippen molar-refractivity contribution in [3.63, 3.8) is 0 Å². The van der Waals surface area contributed by atoms with Gasteiger partial charge in [-0.2, -0.15) is 0 Å². The van der Waals surface area contributed by atoms with Crippen LogP contribution in [0.15, 0.2) is 152 Å². The molecule has 0 aliphatic rings. The summed E-state index contributed by atoms with van der Waals surface area (Å²) in [6, 6.07) is 54.5. The third kappa shape index (κ3) is 3.94. The first-order chi connectivity index (χ1) is 24.3. The van der Waals surface area contributed by atoms with Crippen molar-refractivity contribution in [1.29, 1.82) is 0 Å². The summed E-state index contributed by atoms with van der Waals surface area (Å²) in [6.45, 7) is 0. The molecule has 0 amide bonds. The van der Waals surface area contributed by atoms with Crippen molar-refractivity contribution in [2.75, 3.05) is 0 Å². The normalized spacial score (nSPS) is 12.1. The first-order valence-electron chi connectivity index (χ1n) is 16.4. The molecule has 228 valence electrons. The number of nitrogens with zero attached hydrogens (tertiary/aromatic N) is 3. The van der Waals surface area contributed by atoms with E-state index in [0.717, 1.165) is 39.2 Å². The van der Waals surface area contributed by atoms with Crippen molar-refractivity contribution in [2.24, 2.45) is 0 Å². The predicted octanol–water partition coefficient (Wildman–Crippen LogP) is 12.8. The van der Waals surface area contributed by atoms with Crippen molar-refractivity contribution in [3.8, 4) is 28.3 Å². The second-order valence-electron chi connectivity index (χ2n) is 12.5. The van der Waals surface area contributed by atoms with Gasteiger partial charge in [-0.15, -0.1) is 22.7 Å². The summed E-state index contributed by atoms with van der Waals surface area (Å²) < 4.78 is 7.55. The molecule has 49 heavy (non-hydrogen) atoms. The Kier molecular flexibility index (Phi) is 5.70. The topological polar surface area (TPSA) is 30.7 Å². The maximum absolute atomic E-state index is 5.38. The largest absolute Gasteiger partial charge is 0.308 e. The van der Waals surface area contributed by atoms with Crippen LogP contribution in [-0.2, 0) is 0 Å². The van der Waals surface area contributed by atoms with E-state index in [1.165, 1.54) is 62.2 Å². The minimum atomic E-state index is 0.740. The highest BCUT2D eigenvalue weighted by Gasteiger charge is 2.22. The van der Waals surface area contributed by atoms with E-state index in [-0.39, 0.29) is 0 Å². The van der Waals surface area contributed by atoms with Crippen LogP contribution in [0.5, 0.6) is 0 Å². The average Bonchev–Trinajstić information content (AvgIpc) is 3.84. The molecule has 0 aliphatic heterocycles. The van der Waals surface area contributed by atoms with E-state index in [4.69, 9.17) is 9.97 Å². The molecule has 0 radical (unpaired) electrons. The Labute approximate surface area is 289 Å². The lowest BCUT2D eigenvalue weighted by molar-refractivity contribution is 1.18. The van der Waals surface area contributed by atoms with Gasteiger partial charge in [-0.1, -0.05) is 115 Å². The zero-order valence-corrected chi connectivity index (χ0v) is 27.7. The minimum absolute atomic E-state index is 0.740. The highest BCUT2D eigenvalue weighted by molar-refractivity contribution is 7.27. The van der Waals surface area contributed by atoms with Crippen molar-refractivity contribution < 1.29 is 0 Å². The molecule has 0 N–H and O–H groups in total. The summed E-state index contributed by atoms with van der Waals surface area (Å²) in [5, 5.41) is 8.64. The van der Waals surface area contributed by atoms with Gasteiger partial charge in [0.2, 0.25) is 0 Å². The van der Waals surface area contributed by atoms with Crippen molar-refractivity contribution in [1.82, 2.24) is 14.5 Å². The van der Waals surface area contributed by atoms with E-state index in [1.807, 2.05) is 22.7 Å². The van der Waals surface area contributed by atoms with Gasteiger partial charge in [-0.3, -0.25) is 0 Å². The number of hydrogen-bond acceptors (Lipinski definition) is 4. The fourth-order valence-electron chi connectivity index (χ4n) is 7.62.